The van der Waals surface area contributed by atoms with E-state index in [9.17, 15) is 13.5 Å². The number of ether oxygens (including phenoxy) is 1. The summed E-state index contributed by atoms with van der Waals surface area (Å²) in [6, 6.07) is 9.21. The van der Waals surface area contributed by atoms with Gasteiger partial charge in [-0.25, -0.2) is 13.1 Å². The lowest BCUT2D eigenvalue weighted by Crippen LogP contribution is -2.47. The van der Waals surface area contributed by atoms with Crippen molar-refractivity contribution < 1.29 is 18.3 Å². The van der Waals surface area contributed by atoms with E-state index in [4.69, 9.17) is 4.74 Å². The molecule has 2 heterocycles. The van der Waals surface area contributed by atoms with E-state index in [2.05, 4.69) is 9.82 Å². The molecule has 1 saturated heterocycles. The molecule has 136 valence electrons. The van der Waals surface area contributed by atoms with Crippen molar-refractivity contribution in [2.75, 3.05) is 19.8 Å². The lowest BCUT2D eigenvalue weighted by Gasteiger charge is -2.39. The van der Waals surface area contributed by atoms with E-state index in [1.807, 2.05) is 30.3 Å². The summed E-state index contributed by atoms with van der Waals surface area (Å²) >= 11 is 0. The van der Waals surface area contributed by atoms with Gasteiger partial charge in [-0.2, -0.15) is 5.10 Å². The second kappa shape index (κ2) is 7.25. The molecule has 1 unspecified atom stereocenters. The van der Waals surface area contributed by atoms with Crippen LogP contribution in [0.3, 0.4) is 0 Å². The van der Waals surface area contributed by atoms with Crippen LogP contribution in [0.2, 0.25) is 0 Å². The van der Waals surface area contributed by atoms with Crippen molar-refractivity contribution in [1.82, 2.24) is 14.5 Å². The van der Waals surface area contributed by atoms with E-state index in [-0.39, 0.29) is 17.4 Å². The van der Waals surface area contributed by atoms with Gasteiger partial charge in [0, 0.05) is 33.0 Å². The molecule has 1 aliphatic rings. The number of nitrogens with zero attached hydrogens (tertiary/aromatic N) is 2. The van der Waals surface area contributed by atoms with E-state index in [1.165, 1.54) is 17.1 Å². The van der Waals surface area contributed by atoms with Crippen LogP contribution < -0.4 is 4.72 Å². The van der Waals surface area contributed by atoms with Crippen molar-refractivity contribution >= 4 is 10.0 Å². The molecule has 1 aliphatic heterocycles. The third kappa shape index (κ3) is 3.92. The fourth-order valence-electron chi connectivity index (χ4n) is 3.21. The summed E-state index contributed by atoms with van der Waals surface area (Å²) in [5.41, 5.74) is -0.587. The van der Waals surface area contributed by atoms with Crippen molar-refractivity contribution in [3.63, 3.8) is 0 Å². The number of aromatic nitrogens is 2. The van der Waals surface area contributed by atoms with Crippen LogP contribution in [-0.2, 0) is 27.4 Å². The summed E-state index contributed by atoms with van der Waals surface area (Å²) in [6.45, 7) is 1.03. The minimum absolute atomic E-state index is 0.0809. The second-order valence-electron chi connectivity index (χ2n) is 6.35. The van der Waals surface area contributed by atoms with Crippen LogP contribution in [0.25, 0.3) is 0 Å². The topological polar surface area (TPSA) is 93.5 Å². The molecular formula is C17H23N3O4S. The Kier molecular flexibility index (Phi) is 5.24. The lowest BCUT2D eigenvalue weighted by atomic mass is 9.77. The number of nitrogens with one attached hydrogen (secondary N) is 1. The summed E-state index contributed by atoms with van der Waals surface area (Å²) in [4.78, 5) is 0.0809. The average Bonchev–Trinajstić information content (AvgIpc) is 3.09. The van der Waals surface area contributed by atoms with E-state index in [0.29, 0.717) is 31.6 Å². The zero-order valence-corrected chi connectivity index (χ0v) is 14.9. The van der Waals surface area contributed by atoms with Gasteiger partial charge in [0.05, 0.1) is 6.20 Å². The van der Waals surface area contributed by atoms with Crippen molar-refractivity contribution in [3.8, 4) is 0 Å². The third-order valence-corrected chi connectivity index (χ3v) is 6.05. The first kappa shape index (κ1) is 18.1. The van der Waals surface area contributed by atoms with Crippen LogP contribution in [0.15, 0.2) is 47.6 Å². The maximum atomic E-state index is 12.5. The van der Waals surface area contributed by atoms with Crippen LogP contribution in [0.4, 0.5) is 0 Å². The molecule has 1 aromatic heterocycles. The van der Waals surface area contributed by atoms with Crippen LogP contribution >= 0.6 is 0 Å². The van der Waals surface area contributed by atoms with Gasteiger partial charge in [-0.1, -0.05) is 30.3 Å². The monoisotopic (exact) mass is 365 g/mol. The van der Waals surface area contributed by atoms with E-state index < -0.39 is 15.6 Å². The number of hydrogen-bond donors (Lipinski definition) is 2. The summed E-state index contributed by atoms with van der Waals surface area (Å²) in [7, 11) is -2.09. The molecule has 0 saturated carbocycles. The predicted molar refractivity (Wildman–Crippen MR) is 92.3 cm³/mol. The smallest absolute Gasteiger partial charge is 0.243 e. The van der Waals surface area contributed by atoms with Gasteiger partial charge < -0.3 is 9.84 Å². The van der Waals surface area contributed by atoms with E-state index >= 15 is 0 Å². The lowest BCUT2D eigenvalue weighted by molar-refractivity contribution is -0.0663. The van der Waals surface area contributed by atoms with Gasteiger partial charge in [0.15, 0.2) is 0 Å². The molecule has 0 spiro atoms. The minimum atomic E-state index is -3.74. The van der Waals surface area contributed by atoms with Gasteiger partial charge in [0.25, 0.3) is 0 Å². The Bertz CT molecular complexity index is 800. The van der Waals surface area contributed by atoms with Crippen LogP contribution in [0.1, 0.15) is 18.4 Å². The summed E-state index contributed by atoms with van der Waals surface area (Å²) in [5, 5.41) is 15.3. The zero-order chi connectivity index (χ0) is 17.9. The van der Waals surface area contributed by atoms with Crippen molar-refractivity contribution in [2.24, 2.45) is 13.0 Å². The fraction of sp³-hybridized carbons (Fsp3) is 0.471. The highest BCUT2D eigenvalue weighted by atomic mass is 32.2. The fourth-order valence-corrected chi connectivity index (χ4v) is 4.26. The van der Waals surface area contributed by atoms with Gasteiger partial charge >= 0.3 is 0 Å². The first-order chi connectivity index (χ1) is 11.9. The largest absolute Gasteiger partial charge is 0.383 e. The highest BCUT2D eigenvalue weighted by molar-refractivity contribution is 7.89. The highest BCUT2D eigenvalue weighted by Gasteiger charge is 2.40. The third-order valence-electron chi connectivity index (χ3n) is 4.69. The van der Waals surface area contributed by atoms with Gasteiger partial charge in [-0.15, -0.1) is 0 Å². The minimum Gasteiger partial charge on any atom is -0.383 e. The van der Waals surface area contributed by atoms with Gasteiger partial charge in [0.1, 0.15) is 10.5 Å². The van der Waals surface area contributed by atoms with Crippen molar-refractivity contribution in [2.45, 2.75) is 23.3 Å². The Morgan fingerprint density at radius 2 is 2.00 bits per heavy atom. The Hall–Kier alpha value is -1.74. The van der Waals surface area contributed by atoms with E-state index in [1.54, 1.807) is 7.05 Å². The van der Waals surface area contributed by atoms with Crippen LogP contribution in [0, 0.1) is 5.92 Å². The molecule has 2 N–H and O–H groups in total. The Morgan fingerprint density at radius 3 is 2.60 bits per heavy atom. The first-order valence-electron chi connectivity index (χ1n) is 8.26. The molecule has 0 bridgehead atoms. The zero-order valence-electron chi connectivity index (χ0n) is 14.1. The highest BCUT2D eigenvalue weighted by Crippen LogP contribution is 2.36. The van der Waals surface area contributed by atoms with Gasteiger partial charge in [-0.3, -0.25) is 4.68 Å². The molecule has 0 aliphatic carbocycles. The molecule has 25 heavy (non-hydrogen) atoms. The number of rotatable bonds is 6. The first-order valence-corrected chi connectivity index (χ1v) is 9.74. The molecule has 3 rings (SSSR count). The standard InChI is InChI=1S/C17H23N3O4S/c1-20-12-16(11-18-20)25(22,23)19-13-17(21,14-5-3-2-4-6-14)15-7-9-24-10-8-15/h2-6,11-12,15,19,21H,7-10,13H2,1H3. The normalized spacial score (nSPS) is 18.8. The van der Waals surface area contributed by atoms with Gasteiger partial charge in [-0.05, 0) is 24.3 Å². The van der Waals surface area contributed by atoms with E-state index in [0.717, 1.165) is 0 Å². The Labute approximate surface area is 147 Å². The Balaban J connectivity index is 1.85. The van der Waals surface area contributed by atoms with Crippen molar-refractivity contribution in [1.29, 1.82) is 0 Å². The number of benzene rings is 1. The van der Waals surface area contributed by atoms with Gasteiger partial charge in [0.2, 0.25) is 10.0 Å². The molecule has 8 heteroatoms. The molecule has 1 atom stereocenters. The number of hydrogen-bond acceptors (Lipinski definition) is 5. The maximum absolute atomic E-state index is 12.5. The molecule has 0 radical (unpaired) electrons. The molecule has 0 amide bonds. The van der Waals surface area contributed by atoms with Crippen LogP contribution in [0.5, 0.6) is 0 Å². The maximum Gasteiger partial charge on any atom is 0.243 e. The SMILES string of the molecule is Cn1cc(S(=O)(=O)NCC(O)(c2ccccc2)C2CCOCC2)cn1. The molecule has 1 fully saturated rings. The Morgan fingerprint density at radius 1 is 1.32 bits per heavy atom. The predicted octanol–water partition coefficient (Wildman–Crippen LogP) is 1.01. The summed E-state index contributed by atoms with van der Waals surface area (Å²) in [6.07, 6.45) is 4.08. The molecule has 2 aromatic rings. The number of sulfonamides is 1. The van der Waals surface area contributed by atoms with Crippen molar-refractivity contribution in [3.05, 3.63) is 48.3 Å². The molecular weight excluding hydrogens is 342 g/mol. The summed E-state index contributed by atoms with van der Waals surface area (Å²) < 4.78 is 34.4. The molecule has 1 aromatic carbocycles. The quantitative estimate of drug-likeness (QED) is 0.797. The van der Waals surface area contributed by atoms with Crippen LogP contribution in [-0.4, -0.2) is 43.1 Å². The average molecular weight is 365 g/mol. The number of aryl methyl sites for hydroxylation is 1. The summed E-state index contributed by atoms with van der Waals surface area (Å²) in [5.74, 6) is -0.0831. The molecule has 7 nitrogen and oxygen atoms in total. The number of aliphatic hydroxyl groups is 1. The second-order valence-corrected chi connectivity index (χ2v) is 8.12.